The SMILES string of the molecule is C#CCOc1ccc(F)cc1NC(=O)N1CCCC(C)C1CO. The summed E-state index contributed by atoms with van der Waals surface area (Å²) in [5.74, 6) is 2.36. The lowest BCUT2D eigenvalue weighted by molar-refractivity contribution is 0.0811. The summed E-state index contributed by atoms with van der Waals surface area (Å²) in [7, 11) is 0. The second-order valence-corrected chi connectivity index (χ2v) is 5.63. The molecule has 0 aliphatic carbocycles. The largest absolute Gasteiger partial charge is 0.479 e. The molecule has 0 saturated carbocycles. The third-order valence-corrected chi connectivity index (χ3v) is 4.06. The van der Waals surface area contributed by atoms with Gasteiger partial charge in [-0.05, 0) is 30.9 Å². The molecule has 1 aliphatic heterocycles. The molecule has 2 amide bonds. The molecule has 6 heteroatoms. The molecule has 2 N–H and O–H groups in total. The molecule has 0 bridgehead atoms. The average Bonchev–Trinajstić information content (AvgIpc) is 2.53. The van der Waals surface area contributed by atoms with Crippen molar-refractivity contribution < 1.29 is 19.0 Å². The second kappa shape index (κ2) is 7.84. The second-order valence-electron chi connectivity index (χ2n) is 5.63. The van der Waals surface area contributed by atoms with Crippen molar-refractivity contribution in [3.63, 3.8) is 0 Å². The summed E-state index contributed by atoms with van der Waals surface area (Å²) < 4.78 is 18.8. The highest BCUT2D eigenvalue weighted by Crippen LogP contribution is 2.28. The van der Waals surface area contributed by atoms with E-state index in [2.05, 4.69) is 11.2 Å². The van der Waals surface area contributed by atoms with Crippen LogP contribution in [0.5, 0.6) is 5.75 Å². The van der Waals surface area contributed by atoms with Gasteiger partial charge in [0, 0.05) is 12.6 Å². The number of carbonyl (C=O) groups is 1. The molecule has 0 spiro atoms. The predicted molar refractivity (Wildman–Crippen MR) is 85.7 cm³/mol. The van der Waals surface area contributed by atoms with Crippen molar-refractivity contribution in [1.82, 2.24) is 4.90 Å². The number of ether oxygens (including phenoxy) is 1. The quantitative estimate of drug-likeness (QED) is 0.838. The average molecular weight is 320 g/mol. The standard InChI is InChI=1S/C17H21FN2O3/c1-3-9-23-16-7-6-13(18)10-14(16)19-17(22)20-8-4-5-12(2)15(20)11-21/h1,6-7,10,12,15,21H,4-5,8-9,11H2,2H3,(H,19,22). The highest BCUT2D eigenvalue weighted by molar-refractivity contribution is 5.91. The maximum atomic E-state index is 13.5. The van der Waals surface area contributed by atoms with Crippen LogP contribution in [0, 0.1) is 24.1 Å². The van der Waals surface area contributed by atoms with Crippen LogP contribution in [-0.2, 0) is 0 Å². The van der Waals surface area contributed by atoms with E-state index in [4.69, 9.17) is 11.2 Å². The number of nitrogens with one attached hydrogen (secondary N) is 1. The lowest BCUT2D eigenvalue weighted by atomic mass is 9.91. The van der Waals surface area contributed by atoms with Crippen LogP contribution in [-0.4, -0.2) is 41.8 Å². The van der Waals surface area contributed by atoms with Crippen LogP contribution in [0.15, 0.2) is 18.2 Å². The van der Waals surface area contributed by atoms with Gasteiger partial charge in [-0.3, -0.25) is 0 Å². The number of rotatable bonds is 4. The molecule has 1 fully saturated rings. The molecular formula is C17H21FN2O3. The molecule has 0 aromatic heterocycles. The third kappa shape index (κ3) is 4.14. The van der Waals surface area contributed by atoms with E-state index in [0.29, 0.717) is 12.3 Å². The maximum absolute atomic E-state index is 13.5. The molecule has 1 aliphatic rings. The molecule has 1 aromatic carbocycles. The van der Waals surface area contributed by atoms with Gasteiger partial charge in [0.25, 0.3) is 0 Å². The van der Waals surface area contributed by atoms with E-state index < -0.39 is 5.82 Å². The van der Waals surface area contributed by atoms with E-state index in [1.807, 2.05) is 6.92 Å². The van der Waals surface area contributed by atoms with Crippen LogP contribution in [0.25, 0.3) is 0 Å². The summed E-state index contributed by atoms with van der Waals surface area (Å²) in [5, 5.41) is 12.2. The minimum Gasteiger partial charge on any atom is -0.479 e. The van der Waals surface area contributed by atoms with E-state index in [9.17, 15) is 14.3 Å². The van der Waals surface area contributed by atoms with Crippen molar-refractivity contribution in [3.05, 3.63) is 24.0 Å². The van der Waals surface area contributed by atoms with Crippen molar-refractivity contribution in [2.75, 3.05) is 25.1 Å². The van der Waals surface area contributed by atoms with E-state index in [-0.39, 0.29) is 36.9 Å². The first-order valence-corrected chi connectivity index (χ1v) is 7.61. The highest BCUT2D eigenvalue weighted by atomic mass is 19.1. The first kappa shape index (κ1) is 17.1. The van der Waals surface area contributed by atoms with E-state index >= 15 is 0 Å². The molecule has 1 saturated heterocycles. The third-order valence-electron chi connectivity index (χ3n) is 4.06. The van der Waals surface area contributed by atoms with Crippen LogP contribution in [0.2, 0.25) is 0 Å². The van der Waals surface area contributed by atoms with Gasteiger partial charge in [-0.25, -0.2) is 9.18 Å². The zero-order valence-corrected chi connectivity index (χ0v) is 13.1. The smallest absolute Gasteiger partial charge is 0.322 e. The molecule has 2 atom stereocenters. The van der Waals surface area contributed by atoms with Crippen molar-refractivity contribution in [2.24, 2.45) is 5.92 Å². The van der Waals surface area contributed by atoms with Gasteiger partial charge < -0.3 is 20.1 Å². The fourth-order valence-electron chi connectivity index (χ4n) is 2.81. The fourth-order valence-corrected chi connectivity index (χ4v) is 2.81. The number of aliphatic hydroxyl groups excluding tert-OH is 1. The summed E-state index contributed by atoms with van der Waals surface area (Å²) in [6.07, 6.45) is 6.99. The lowest BCUT2D eigenvalue weighted by Crippen LogP contribution is -2.51. The first-order valence-electron chi connectivity index (χ1n) is 7.61. The Bertz CT molecular complexity index is 600. The van der Waals surface area contributed by atoms with Gasteiger partial charge >= 0.3 is 6.03 Å². The normalized spacial score (nSPS) is 20.7. The number of terminal acetylenes is 1. The summed E-state index contributed by atoms with van der Waals surface area (Å²) in [6.45, 7) is 2.48. The molecule has 1 aromatic rings. The van der Waals surface area contributed by atoms with Gasteiger partial charge in [0.15, 0.2) is 0 Å². The Labute approximate surface area is 135 Å². The summed E-state index contributed by atoms with van der Waals surface area (Å²) in [6, 6.07) is 3.22. The number of aliphatic hydroxyl groups is 1. The molecule has 0 radical (unpaired) electrons. The number of amides is 2. The number of carbonyl (C=O) groups excluding carboxylic acids is 1. The van der Waals surface area contributed by atoms with Crippen LogP contribution in [0.4, 0.5) is 14.9 Å². The van der Waals surface area contributed by atoms with Gasteiger partial charge in [0.05, 0.1) is 18.3 Å². The zero-order valence-electron chi connectivity index (χ0n) is 13.1. The Morgan fingerprint density at radius 3 is 3.09 bits per heavy atom. The van der Waals surface area contributed by atoms with Crippen LogP contribution in [0.1, 0.15) is 19.8 Å². The Morgan fingerprint density at radius 2 is 2.39 bits per heavy atom. The molecule has 2 rings (SSSR count). The molecule has 5 nitrogen and oxygen atoms in total. The molecular weight excluding hydrogens is 299 g/mol. The summed E-state index contributed by atoms with van der Waals surface area (Å²) >= 11 is 0. The predicted octanol–water partition coefficient (Wildman–Crippen LogP) is 2.46. The number of hydrogen-bond acceptors (Lipinski definition) is 3. The van der Waals surface area contributed by atoms with Gasteiger partial charge in [0.1, 0.15) is 18.2 Å². The van der Waals surface area contributed by atoms with Crippen molar-refractivity contribution in [3.8, 4) is 18.1 Å². The molecule has 124 valence electrons. The number of hydrogen-bond donors (Lipinski definition) is 2. The Balaban J connectivity index is 2.15. The number of likely N-dealkylation sites (tertiary alicyclic amines) is 1. The van der Waals surface area contributed by atoms with Gasteiger partial charge in [0.2, 0.25) is 0 Å². The van der Waals surface area contributed by atoms with Crippen molar-refractivity contribution in [1.29, 1.82) is 0 Å². The topological polar surface area (TPSA) is 61.8 Å². The fraction of sp³-hybridized carbons (Fsp3) is 0.471. The van der Waals surface area contributed by atoms with Gasteiger partial charge in [-0.1, -0.05) is 12.8 Å². The van der Waals surface area contributed by atoms with E-state index in [0.717, 1.165) is 12.8 Å². The summed E-state index contributed by atoms with van der Waals surface area (Å²) in [5.41, 5.74) is 0.222. The lowest BCUT2D eigenvalue weighted by Gasteiger charge is -2.38. The minimum absolute atomic E-state index is 0.0223. The van der Waals surface area contributed by atoms with Crippen molar-refractivity contribution in [2.45, 2.75) is 25.8 Å². The van der Waals surface area contributed by atoms with Gasteiger partial charge in [-0.15, -0.1) is 6.42 Å². The van der Waals surface area contributed by atoms with Crippen LogP contribution >= 0.6 is 0 Å². The van der Waals surface area contributed by atoms with Crippen LogP contribution < -0.4 is 10.1 Å². The minimum atomic E-state index is -0.487. The number of benzene rings is 1. The maximum Gasteiger partial charge on any atom is 0.322 e. The number of anilines is 1. The first-order chi connectivity index (χ1) is 11.1. The number of urea groups is 1. The zero-order chi connectivity index (χ0) is 16.8. The molecule has 2 unspecified atom stereocenters. The Kier molecular flexibility index (Phi) is 5.83. The monoisotopic (exact) mass is 320 g/mol. The number of halogens is 1. The van der Waals surface area contributed by atoms with Crippen molar-refractivity contribution >= 4 is 11.7 Å². The Hall–Kier alpha value is -2.26. The molecule has 23 heavy (non-hydrogen) atoms. The number of nitrogens with zero attached hydrogens (tertiary/aromatic N) is 1. The van der Waals surface area contributed by atoms with E-state index in [1.54, 1.807) is 4.90 Å². The molecule has 1 heterocycles. The highest BCUT2D eigenvalue weighted by Gasteiger charge is 2.31. The Morgan fingerprint density at radius 1 is 1.61 bits per heavy atom. The van der Waals surface area contributed by atoms with Gasteiger partial charge in [-0.2, -0.15) is 0 Å². The van der Waals surface area contributed by atoms with Crippen LogP contribution in [0.3, 0.4) is 0 Å². The summed E-state index contributed by atoms with van der Waals surface area (Å²) in [4.78, 5) is 14.1. The number of piperidine rings is 1. The van der Waals surface area contributed by atoms with E-state index in [1.165, 1.54) is 18.2 Å².